The Balaban J connectivity index is 1.92. The third kappa shape index (κ3) is 21.4. The normalized spacial score (nSPS) is 13.9. The summed E-state index contributed by atoms with van der Waals surface area (Å²) in [5.41, 5.74) is 5.06. The molecule has 3 rings (SSSR count). The molecular weight excluding hydrogens is 745 g/mol. The fourth-order valence-electron chi connectivity index (χ4n) is 10.8. The molecule has 0 amide bonds. The first-order chi connectivity index (χ1) is 30.4. The highest BCUT2D eigenvalue weighted by Crippen LogP contribution is 2.33. The third-order valence-corrected chi connectivity index (χ3v) is 15.6. The second kappa shape index (κ2) is 34.5. The van der Waals surface area contributed by atoms with Crippen LogP contribution in [0.2, 0.25) is 0 Å². The van der Waals surface area contributed by atoms with E-state index >= 15 is 0 Å². The van der Waals surface area contributed by atoms with E-state index in [0.29, 0.717) is 0 Å². The van der Waals surface area contributed by atoms with Gasteiger partial charge in [0.05, 0.1) is 0 Å². The molecule has 0 spiro atoms. The molecule has 62 heavy (non-hydrogen) atoms. The van der Waals surface area contributed by atoms with Crippen LogP contribution in [-0.2, 0) is 18.3 Å². The summed E-state index contributed by atoms with van der Waals surface area (Å²) in [5.74, 6) is 1.71. The van der Waals surface area contributed by atoms with E-state index in [1.807, 2.05) is 0 Å². The van der Waals surface area contributed by atoms with Crippen molar-refractivity contribution in [2.75, 3.05) is 0 Å². The fourth-order valence-corrected chi connectivity index (χ4v) is 10.8. The first-order valence-electron chi connectivity index (χ1n) is 28.3. The first-order valence-corrected chi connectivity index (χ1v) is 28.3. The van der Waals surface area contributed by atoms with E-state index in [0.717, 1.165) is 18.3 Å². The minimum atomic E-state index is 0.184. The minimum Gasteiger partial charge on any atom is -0.0807 e. The first kappa shape index (κ1) is 54.5. The highest BCUT2D eigenvalue weighted by Gasteiger charge is 2.22. The van der Waals surface area contributed by atoms with Crippen LogP contribution in [0.4, 0.5) is 0 Å². The van der Waals surface area contributed by atoms with Gasteiger partial charge in [0.15, 0.2) is 0 Å². The van der Waals surface area contributed by atoms with Gasteiger partial charge in [-0.2, -0.15) is 0 Å². The van der Waals surface area contributed by atoms with Crippen LogP contribution in [0.3, 0.4) is 0 Å². The van der Waals surface area contributed by atoms with Gasteiger partial charge in [-0.1, -0.05) is 296 Å². The van der Waals surface area contributed by atoms with Gasteiger partial charge in [-0.3, -0.25) is 0 Å². The molecule has 2 unspecified atom stereocenters. The van der Waals surface area contributed by atoms with Crippen LogP contribution in [-0.4, -0.2) is 0 Å². The topological polar surface area (TPSA) is 0 Å². The summed E-state index contributed by atoms with van der Waals surface area (Å²) in [7, 11) is 0. The van der Waals surface area contributed by atoms with Crippen molar-refractivity contribution in [1.29, 1.82) is 0 Å². The summed E-state index contributed by atoms with van der Waals surface area (Å²) in [4.78, 5) is 0. The zero-order valence-corrected chi connectivity index (χ0v) is 43.1. The van der Waals surface area contributed by atoms with Gasteiger partial charge in [-0.25, -0.2) is 0 Å². The Kier molecular flexibility index (Phi) is 30.3. The Hall–Kier alpha value is -1.82. The molecule has 0 aliphatic heterocycles. The van der Waals surface area contributed by atoms with E-state index in [1.54, 1.807) is 32.3 Å². The maximum Gasteiger partial charge on any atom is -0.0106 e. The molecule has 0 saturated heterocycles. The largest absolute Gasteiger partial charge is 0.0807 e. The average Bonchev–Trinajstić information content (AvgIpc) is 3.54. The van der Waals surface area contributed by atoms with Crippen molar-refractivity contribution in [1.82, 2.24) is 0 Å². The molecule has 0 fully saturated rings. The lowest BCUT2D eigenvalue weighted by molar-refractivity contribution is 0.379. The predicted octanol–water partition coefficient (Wildman–Crippen LogP) is 19.7. The SMILES string of the molecule is CCCCCCCCCCC(CCCCCCCC)CCc1c2c(c(CCC(CCCCCCCC)CCCCCCCCCC)c3cc(C(C)(C)CC)ccc13)=CC=CCC=2. The van der Waals surface area contributed by atoms with Crippen LogP contribution in [0.25, 0.3) is 22.9 Å². The molecule has 354 valence electrons. The second-order valence-corrected chi connectivity index (χ2v) is 21.3. The Bertz CT molecular complexity index is 1550. The van der Waals surface area contributed by atoms with Gasteiger partial charge in [0.25, 0.3) is 0 Å². The lowest BCUT2D eigenvalue weighted by Gasteiger charge is -2.26. The molecule has 0 nitrogen and oxygen atoms in total. The van der Waals surface area contributed by atoms with Gasteiger partial charge >= 0.3 is 0 Å². The monoisotopic (exact) mass is 851 g/mol. The van der Waals surface area contributed by atoms with Gasteiger partial charge in [0.1, 0.15) is 0 Å². The molecule has 0 N–H and O–H groups in total. The molecule has 1 aliphatic carbocycles. The van der Waals surface area contributed by atoms with Crippen molar-refractivity contribution >= 4 is 22.9 Å². The van der Waals surface area contributed by atoms with E-state index in [4.69, 9.17) is 0 Å². The number of hydrogen-bond acceptors (Lipinski definition) is 0. The molecule has 0 radical (unpaired) electrons. The fraction of sp³-hybridized carbons (Fsp3) is 0.774. The number of hydrogen-bond donors (Lipinski definition) is 0. The molecule has 2 atom stereocenters. The van der Waals surface area contributed by atoms with Crippen LogP contribution < -0.4 is 10.4 Å². The second-order valence-electron chi connectivity index (χ2n) is 21.3. The molecule has 0 aromatic heterocycles. The zero-order chi connectivity index (χ0) is 44.5. The summed E-state index contributed by atoms with van der Waals surface area (Å²) in [6.07, 6.45) is 62.9. The summed E-state index contributed by atoms with van der Waals surface area (Å²) in [6.45, 7) is 16.7. The van der Waals surface area contributed by atoms with Gasteiger partial charge in [0, 0.05) is 0 Å². The van der Waals surface area contributed by atoms with E-state index in [2.05, 4.69) is 91.0 Å². The Labute approximate surface area is 388 Å². The number of aryl methyl sites for hydroxylation is 2. The summed E-state index contributed by atoms with van der Waals surface area (Å²) < 4.78 is 0. The quantitative estimate of drug-likeness (QED) is 0.0586. The molecule has 2 aromatic rings. The highest BCUT2D eigenvalue weighted by atomic mass is 14.3. The van der Waals surface area contributed by atoms with Crippen molar-refractivity contribution < 1.29 is 0 Å². The van der Waals surface area contributed by atoms with E-state index in [1.165, 1.54) is 243 Å². The van der Waals surface area contributed by atoms with E-state index < -0.39 is 0 Å². The van der Waals surface area contributed by atoms with Crippen molar-refractivity contribution in [2.45, 2.75) is 298 Å². The van der Waals surface area contributed by atoms with Crippen molar-refractivity contribution in [3.8, 4) is 0 Å². The predicted molar refractivity (Wildman–Crippen MR) is 283 cm³/mol. The van der Waals surface area contributed by atoms with E-state index in [9.17, 15) is 0 Å². The van der Waals surface area contributed by atoms with E-state index in [-0.39, 0.29) is 5.41 Å². The maximum atomic E-state index is 2.69. The molecule has 0 saturated carbocycles. The average molecular weight is 852 g/mol. The van der Waals surface area contributed by atoms with Crippen molar-refractivity contribution in [3.05, 3.63) is 57.5 Å². The van der Waals surface area contributed by atoms with Crippen LogP contribution >= 0.6 is 0 Å². The molecule has 0 heteroatoms. The lowest BCUT2D eigenvalue weighted by atomic mass is 9.79. The van der Waals surface area contributed by atoms with Crippen LogP contribution in [0, 0.1) is 11.8 Å². The van der Waals surface area contributed by atoms with Gasteiger partial charge < -0.3 is 0 Å². The van der Waals surface area contributed by atoms with Gasteiger partial charge in [-0.05, 0) is 93.7 Å². The van der Waals surface area contributed by atoms with Gasteiger partial charge in [-0.15, -0.1) is 0 Å². The van der Waals surface area contributed by atoms with Crippen LogP contribution in [0.1, 0.15) is 296 Å². The highest BCUT2D eigenvalue weighted by molar-refractivity contribution is 5.90. The lowest BCUT2D eigenvalue weighted by Crippen LogP contribution is -2.33. The number of fused-ring (bicyclic) bond motifs is 2. The maximum absolute atomic E-state index is 2.69. The molecule has 1 aliphatic rings. The zero-order valence-electron chi connectivity index (χ0n) is 43.1. The standard InChI is InChI=1S/C62H106/c1-8-13-17-21-25-27-31-36-42-53(40-34-29-23-19-15-10-3)46-49-58-56-44-38-33-39-45-57(56)59(61-52-55(48-51-60(58)61)62(6,7)12-5)50-47-54(41-35-30-24-20-16-11-4)43-37-32-28-26-22-18-14-9-2/h33,39,44-45,48,51-54H,8-32,34-38,40-43,46-47,49-50H2,1-7H3. The number of rotatable bonds is 40. The molecule has 0 heterocycles. The minimum absolute atomic E-state index is 0.184. The van der Waals surface area contributed by atoms with Crippen molar-refractivity contribution in [3.63, 3.8) is 0 Å². The number of allylic oxidation sites excluding steroid dienone is 2. The Morgan fingerprint density at radius 2 is 0.823 bits per heavy atom. The number of unbranched alkanes of at least 4 members (excludes halogenated alkanes) is 24. The van der Waals surface area contributed by atoms with Crippen LogP contribution in [0.5, 0.6) is 0 Å². The summed E-state index contributed by atoms with van der Waals surface area (Å²) >= 11 is 0. The molecular formula is C62H106. The third-order valence-electron chi connectivity index (χ3n) is 15.6. The number of benzene rings is 2. The smallest absolute Gasteiger partial charge is 0.0106 e. The van der Waals surface area contributed by atoms with Gasteiger partial charge in [0.2, 0.25) is 0 Å². The molecule has 0 bridgehead atoms. The Morgan fingerprint density at radius 1 is 0.435 bits per heavy atom. The Morgan fingerprint density at radius 3 is 1.23 bits per heavy atom. The molecule has 2 aromatic carbocycles. The van der Waals surface area contributed by atoms with Crippen LogP contribution in [0.15, 0.2) is 30.4 Å². The summed E-state index contributed by atoms with van der Waals surface area (Å²) in [6, 6.07) is 7.82. The van der Waals surface area contributed by atoms with Crippen molar-refractivity contribution in [2.24, 2.45) is 11.8 Å². The summed E-state index contributed by atoms with van der Waals surface area (Å²) in [5, 5.41) is 6.36.